The second-order valence-corrected chi connectivity index (χ2v) is 4.68. The van der Waals surface area contributed by atoms with E-state index in [0.717, 1.165) is 15.8 Å². The van der Waals surface area contributed by atoms with E-state index in [4.69, 9.17) is 5.73 Å². The molecular weight excluding hydrogens is 330 g/mol. The minimum Gasteiger partial charge on any atom is -0.382 e. The van der Waals surface area contributed by atoms with Crippen molar-refractivity contribution in [1.29, 1.82) is 0 Å². The van der Waals surface area contributed by atoms with Crippen molar-refractivity contribution in [3.63, 3.8) is 0 Å². The van der Waals surface area contributed by atoms with E-state index in [2.05, 4.69) is 26.1 Å². The predicted molar refractivity (Wildman–Crippen MR) is 80.0 cm³/mol. The Balaban J connectivity index is 0.00000133. The Morgan fingerprint density at radius 2 is 1.79 bits per heavy atom. The van der Waals surface area contributed by atoms with Crippen molar-refractivity contribution < 1.29 is 0 Å². The molecule has 0 atom stereocenters. The van der Waals surface area contributed by atoms with Crippen LogP contribution < -0.4 is 5.73 Å². The number of halogens is 2. The molecule has 0 saturated carbocycles. The molecule has 1 aromatic carbocycles. The standard InChI is InChI=1S/C12H10BrN5.ClH/c13-9-6-15-17(8-9)11-7-16-18(12(11)14)10-4-2-1-3-5-10;/h1-8H,14H2;1H. The van der Waals surface area contributed by atoms with Crippen molar-refractivity contribution in [3.8, 4) is 11.4 Å². The summed E-state index contributed by atoms with van der Waals surface area (Å²) in [6, 6.07) is 9.74. The van der Waals surface area contributed by atoms with Crippen LogP contribution in [0.25, 0.3) is 11.4 Å². The van der Waals surface area contributed by atoms with Crippen molar-refractivity contribution in [1.82, 2.24) is 19.6 Å². The van der Waals surface area contributed by atoms with Gasteiger partial charge in [0.25, 0.3) is 0 Å². The number of aromatic nitrogens is 4. The summed E-state index contributed by atoms with van der Waals surface area (Å²) >= 11 is 3.35. The number of hydrogen-bond acceptors (Lipinski definition) is 3. The molecule has 3 aromatic rings. The van der Waals surface area contributed by atoms with E-state index in [0.29, 0.717) is 5.82 Å². The maximum atomic E-state index is 6.10. The van der Waals surface area contributed by atoms with Crippen LogP contribution >= 0.6 is 28.3 Å². The van der Waals surface area contributed by atoms with E-state index < -0.39 is 0 Å². The topological polar surface area (TPSA) is 61.7 Å². The molecular formula is C12H11BrClN5. The zero-order valence-corrected chi connectivity index (χ0v) is 12.2. The Morgan fingerprint density at radius 3 is 2.42 bits per heavy atom. The highest BCUT2D eigenvalue weighted by atomic mass is 79.9. The summed E-state index contributed by atoms with van der Waals surface area (Å²) in [6.07, 6.45) is 5.24. The summed E-state index contributed by atoms with van der Waals surface area (Å²) in [6.45, 7) is 0. The van der Waals surface area contributed by atoms with E-state index >= 15 is 0 Å². The molecule has 0 aliphatic rings. The molecule has 0 aliphatic heterocycles. The van der Waals surface area contributed by atoms with Gasteiger partial charge < -0.3 is 5.73 Å². The number of benzene rings is 1. The first-order valence-electron chi connectivity index (χ1n) is 5.35. The minimum absolute atomic E-state index is 0. The monoisotopic (exact) mass is 339 g/mol. The van der Waals surface area contributed by atoms with Gasteiger partial charge in [0, 0.05) is 6.20 Å². The number of rotatable bonds is 2. The summed E-state index contributed by atoms with van der Waals surface area (Å²) in [7, 11) is 0. The molecule has 0 unspecified atom stereocenters. The molecule has 2 heterocycles. The van der Waals surface area contributed by atoms with Gasteiger partial charge in [-0.1, -0.05) is 18.2 Å². The summed E-state index contributed by atoms with van der Waals surface area (Å²) in [5, 5.41) is 8.48. The van der Waals surface area contributed by atoms with Crippen molar-refractivity contribution in [2.75, 3.05) is 5.73 Å². The van der Waals surface area contributed by atoms with Gasteiger partial charge in [0.2, 0.25) is 0 Å². The van der Waals surface area contributed by atoms with Gasteiger partial charge in [0.05, 0.1) is 22.6 Å². The number of nitrogens with zero attached hydrogens (tertiary/aromatic N) is 4. The highest BCUT2D eigenvalue weighted by Crippen LogP contribution is 2.21. The lowest BCUT2D eigenvalue weighted by molar-refractivity contribution is 0.878. The van der Waals surface area contributed by atoms with Crippen molar-refractivity contribution in [2.45, 2.75) is 0 Å². The zero-order valence-electron chi connectivity index (χ0n) is 9.77. The van der Waals surface area contributed by atoms with Gasteiger partial charge >= 0.3 is 0 Å². The van der Waals surface area contributed by atoms with Crippen LogP contribution in [0.3, 0.4) is 0 Å². The van der Waals surface area contributed by atoms with Crippen molar-refractivity contribution in [2.24, 2.45) is 0 Å². The third-order valence-corrected chi connectivity index (χ3v) is 2.99. The maximum Gasteiger partial charge on any atom is 0.153 e. The number of anilines is 1. The van der Waals surface area contributed by atoms with Crippen LogP contribution in [-0.4, -0.2) is 19.6 Å². The smallest absolute Gasteiger partial charge is 0.153 e. The summed E-state index contributed by atoms with van der Waals surface area (Å²) in [4.78, 5) is 0. The van der Waals surface area contributed by atoms with Gasteiger partial charge in [-0.3, -0.25) is 0 Å². The van der Waals surface area contributed by atoms with Gasteiger partial charge in [-0.25, -0.2) is 9.36 Å². The summed E-state index contributed by atoms with van der Waals surface area (Å²) in [5.74, 6) is 0.553. The molecule has 2 N–H and O–H groups in total. The van der Waals surface area contributed by atoms with E-state index in [1.807, 2.05) is 36.5 Å². The predicted octanol–water partition coefficient (Wildman–Crippen LogP) is 2.82. The average Bonchev–Trinajstić information content (AvgIpc) is 2.97. The molecule has 2 aromatic heterocycles. The largest absolute Gasteiger partial charge is 0.382 e. The highest BCUT2D eigenvalue weighted by Gasteiger charge is 2.11. The van der Waals surface area contributed by atoms with Crippen LogP contribution in [0, 0.1) is 0 Å². The highest BCUT2D eigenvalue weighted by molar-refractivity contribution is 9.10. The summed E-state index contributed by atoms with van der Waals surface area (Å²) < 4.78 is 4.27. The van der Waals surface area contributed by atoms with Crippen LogP contribution in [0.2, 0.25) is 0 Å². The fourth-order valence-corrected chi connectivity index (χ4v) is 2.02. The first-order chi connectivity index (χ1) is 8.75. The zero-order chi connectivity index (χ0) is 12.5. The molecule has 0 bridgehead atoms. The Bertz CT molecular complexity index is 677. The molecule has 19 heavy (non-hydrogen) atoms. The SMILES string of the molecule is Cl.Nc1c(-n2cc(Br)cn2)cnn1-c1ccccc1. The fourth-order valence-electron chi connectivity index (χ4n) is 1.73. The summed E-state index contributed by atoms with van der Waals surface area (Å²) in [5.41, 5.74) is 7.78. The Labute approximate surface area is 124 Å². The van der Waals surface area contributed by atoms with Gasteiger partial charge in [-0.2, -0.15) is 10.2 Å². The van der Waals surface area contributed by atoms with Crippen LogP contribution in [0.1, 0.15) is 0 Å². The van der Waals surface area contributed by atoms with E-state index in [9.17, 15) is 0 Å². The van der Waals surface area contributed by atoms with Gasteiger partial charge in [-0.05, 0) is 28.1 Å². The lowest BCUT2D eigenvalue weighted by Crippen LogP contribution is -2.04. The van der Waals surface area contributed by atoms with Crippen molar-refractivity contribution >= 4 is 34.2 Å². The van der Waals surface area contributed by atoms with E-state index in [1.54, 1.807) is 21.8 Å². The lowest BCUT2D eigenvalue weighted by atomic mass is 10.3. The Hall–Kier alpha value is -1.79. The second-order valence-electron chi connectivity index (χ2n) is 3.77. The molecule has 0 fully saturated rings. The molecule has 0 radical (unpaired) electrons. The molecule has 7 heteroatoms. The molecule has 98 valence electrons. The molecule has 0 amide bonds. The molecule has 5 nitrogen and oxygen atoms in total. The Morgan fingerprint density at radius 1 is 1.05 bits per heavy atom. The van der Waals surface area contributed by atoms with Crippen LogP contribution in [0.15, 0.2) is 53.4 Å². The number of hydrogen-bond donors (Lipinski definition) is 1. The van der Waals surface area contributed by atoms with Crippen LogP contribution in [0.5, 0.6) is 0 Å². The van der Waals surface area contributed by atoms with Crippen molar-refractivity contribution in [3.05, 3.63) is 53.4 Å². The second kappa shape index (κ2) is 5.46. The molecule has 0 spiro atoms. The third-order valence-electron chi connectivity index (χ3n) is 2.58. The number of para-hydroxylation sites is 1. The molecule has 3 rings (SSSR count). The quantitative estimate of drug-likeness (QED) is 0.780. The van der Waals surface area contributed by atoms with Crippen LogP contribution in [-0.2, 0) is 0 Å². The maximum absolute atomic E-state index is 6.10. The van der Waals surface area contributed by atoms with E-state index in [1.165, 1.54) is 0 Å². The van der Waals surface area contributed by atoms with E-state index in [-0.39, 0.29) is 12.4 Å². The van der Waals surface area contributed by atoms with Gasteiger partial charge in [0.1, 0.15) is 5.69 Å². The van der Waals surface area contributed by atoms with Gasteiger partial charge in [0.15, 0.2) is 5.82 Å². The molecule has 0 aliphatic carbocycles. The lowest BCUT2D eigenvalue weighted by Gasteiger charge is -2.04. The minimum atomic E-state index is 0. The normalized spacial score (nSPS) is 10.2. The number of nitrogen functional groups attached to an aromatic ring is 1. The Kier molecular flexibility index (Phi) is 3.92. The number of nitrogens with two attached hydrogens (primary N) is 1. The average molecular weight is 341 g/mol. The van der Waals surface area contributed by atoms with Crippen LogP contribution in [0.4, 0.5) is 5.82 Å². The first-order valence-corrected chi connectivity index (χ1v) is 6.14. The third kappa shape index (κ3) is 2.50. The first kappa shape index (κ1) is 13.6. The fraction of sp³-hybridized carbons (Fsp3) is 0. The van der Waals surface area contributed by atoms with Gasteiger partial charge in [-0.15, -0.1) is 12.4 Å². The molecule has 0 saturated heterocycles.